The highest BCUT2D eigenvalue weighted by Crippen LogP contribution is 2.17. The van der Waals surface area contributed by atoms with Gasteiger partial charge in [0.05, 0.1) is 6.04 Å². The Bertz CT molecular complexity index is 201. The van der Waals surface area contributed by atoms with Gasteiger partial charge in [0.25, 0.3) is 0 Å². The molecular formula is C12H25ClN2O. The van der Waals surface area contributed by atoms with E-state index in [1.54, 1.807) is 0 Å². The Balaban J connectivity index is 0.00000225. The second kappa shape index (κ2) is 7.91. The van der Waals surface area contributed by atoms with Crippen LogP contribution in [0.1, 0.15) is 52.4 Å². The fourth-order valence-corrected chi connectivity index (χ4v) is 2.02. The Labute approximate surface area is 105 Å². The summed E-state index contributed by atoms with van der Waals surface area (Å²) >= 11 is 0. The summed E-state index contributed by atoms with van der Waals surface area (Å²) in [5.74, 6) is 0.243. The van der Waals surface area contributed by atoms with Crippen molar-refractivity contribution in [3.63, 3.8) is 0 Å². The largest absolute Gasteiger partial charge is 0.352 e. The van der Waals surface area contributed by atoms with E-state index in [0.29, 0.717) is 6.04 Å². The normalized spacial score (nSPS) is 19.8. The molecule has 4 heteroatoms. The molecule has 0 aromatic carbocycles. The molecule has 1 rings (SSSR count). The van der Waals surface area contributed by atoms with E-state index in [1.807, 2.05) is 13.8 Å². The fraction of sp³-hybridized carbons (Fsp3) is 0.917. The number of nitrogens with one attached hydrogen (secondary N) is 1. The van der Waals surface area contributed by atoms with Gasteiger partial charge in [0, 0.05) is 6.04 Å². The number of carbonyl (C=O) groups excluding carboxylic acids is 1. The molecule has 0 radical (unpaired) electrons. The summed E-state index contributed by atoms with van der Waals surface area (Å²) < 4.78 is 0. The minimum atomic E-state index is -0.353. The van der Waals surface area contributed by atoms with Crippen molar-refractivity contribution in [3.05, 3.63) is 0 Å². The van der Waals surface area contributed by atoms with Crippen LogP contribution < -0.4 is 11.1 Å². The first kappa shape index (κ1) is 15.7. The molecule has 0 bridgehead atoms. The Kier molecular flexibility index (Phi) is 7.77. The molecule has 1 aliphatic rings. The zero-order valence-electron chi connectivity index (χ0n) is 10.4. The molecule has 0 aliphatic heterocycles. The zero-order chi connectivity index (χ0) is 11.3. The highest BCUT2D eigenvalue weighted by atomic mass is 35.5. The molecule has 1 saturated carbocycles. The van der Waals surface area contributed by atoms with Crippen molar-refractivity contribution in [1.82, 2.24) is 5.32 Å². The number of rotatable bonds is 3. The summed E-state index contributed by atoms with van der Waals surface area (Å²) in [6.45, 7) is 3.97. The van der Waals surface area contributed by atoms with Crippen LogP contribution in [0.5, 0.6) is 0 Å². The molecule has 0 aromatic rings. The first-order valence-electron chi connectivity index (χ1n) is 6.17. The molecule has 1 amide bonds. The molecule has 1 fully saturated rings. The third-order valence-electron chi connectivity index (χ3n) is 3.22. The number of halogens is 1. The summed E-state index contributed by atoms with van der Waals surface area (Å²) in [7, 11) is 0. The van der Waals surface area contributed by atoms with Crippen LogP contribution in [0.15, 0.2) is 0 Å². The van der Waals surface area contributed by atoms with Gasteiger partial charge in [0.1, 0.15) is 0 Å². The Morgan fingerprint density at radius 1 is 1.19 bits per heavy atom. The summed E-state index contributed by atoms with van der Waals surface area (Å²) in [6, 6.07) is 0.0121. The van der Waals surface area contributed by atoms with Crippen LogP contribution in [-0.2, 0) is 4.79 Å². The molecule has 0 unspecified atom stereocenters. The lowest BCUT2D eigenvalue weighted by molar-refractivity contribution is -0.124. The van der Waals surface area contributed by atoms with Gasteiger partial charge in [-0.2, -0.15) is 0 Å². The van der Waals surface area contributed by atoms with Gasteiger partial charge in [-0.3, -0.25) is 4.79 Å². The number of carbonyl (C=O) groups is 1. The maximum atomic E-state index is 11.7. The van der Waals surface area contributed by atoms with Crippen molar-refractivity contribution in [2.75, 3.05) is 0 Å². The maximum Gasteiger partial charge on any atom is 0.237 e. The first-order chi connectivity index (χ1) is 7.11. The van der Waals surface area contributed by atoms with Crippen LogP contribution in [-0.4, -0.2) is 18.0 Å². The van der Waals surface area contributed by atoms with Gasteiger partial charge in [0.15, 0.2) is 0 Å². The van der Waals surface area contributed by atoms with Gasteiger partial charge in [-0.1, -0.05) is 39.5 Å². The summed E-state index contributed by atoms with van der Waals surface area (Å²) in [5.41, 5.74) is 5.80. The average Bonchev–Trinajstić information content (AvgIpc) is 2.45. The topological polar surface area (TPSA) is 55.1 Å². The second-order valence-corrected chi connectivity index (χ2v) is 4.97. The van der Waals surface area contributed by atoms with E-state index in [1.165, 1.54) is 25.7 Å². The fourth-order valence-electron chi connectivity index (χ4n) is 2.02. The molecule has 0 saturated heterocycles. The van der Waals surface area contributed by atoms with E-state index < -0.39 is 0 Å². The van der Waals surface area contributed by atoms with E-state index in [2.05, 4.69) is 5.32 Å². The molecule has 1 aliphatic carbocycles. The van der Waals surface area contributed by atoms with Crippen LogP contribution in [0, 0.1) is 5.92 Å². The second-order valence-electron chi connectivity index (χ2n) is 4.97. The highest BCUT2D eigenvalue weighted by molar-refractivity contribution is 5.85. The number of nitrogens with two attached hydrogens (primary N) is 1. The van der Waals surface area contributed by atoms with Gasteiger partial charge in [0.2, 0.25) is 5.91 Å². The quantitative estimate of drug-likeness (QED) is 0.753. The first-order valence-corrected chi connectivity index (χ1v) is 6.17. The SMILES string of the molecule is CC(C)[C@@H](N)C(=O)NC1CCCCCC1.Cl. The molecule has 0 aromatic heterocycles. The molecule has 16 heavy (non-hydrogen) atoms. The third kappa shape index (κ3) is 5.17. The van der Waals surface area contributed by atoms with Crippen LogP contribution in [0.2, 0.25) is 0 Å². The van der Waals surface area contributed by atoms with Crippen molar-refractivity contribution in [2.45, 2.75) is 64.5 Å². The number of amides is 1. The van der Waals surface area contributed by atoms with E-state index in [9.17, 15) is 4.79 Å². The third-order valence-corrected chi connectivity index (χ3v) is 3.22. The summed E-state index contributed by atoms with van der Waals surface area (Å²) in [5, 5.41) is 3.08. The van der Waals surface area contributed by atoms with Crippen molar-refractivity contribution in [2.24, 2.45) is 11.7 Å². The van der Waals surface area contributed by atoms with Gasteiger partial charge < -0.3 is 11.1 Å². The smallest absolute Gasteiger partial charge is 0.237 e. The lowest BCUT2D eigenvalue weighted by Gasteiger charge is -2.21. The molecule has 96 valence electrons. The zero-order valence-corrected chi connectivity index (χ0v) is 11.2. The maximum absolute atomic E-state index is 11.7. The lowest BCUT2D eigenvalue weighted by atomic mass is 10.0. The van der Waals surface area contributed by atoms with Crippen LogP contribution in [0.25, 0.3) is 0 Å². The average molecular weight is 249 g/mol. The standard InChI is InChI=1S/C12H24N2O.ClH/c1-9(2)11(13)12(15)14-10-7-5-3-4-6-8-10;/h9-11H,3-8,13H2,1-2H3,(H,14,15);1H/t11-;/m1./s1. The molecular weight excluding hydrogens is 224 g/mol. The lowest BCUT2D eigenvalue weighted by Crippen LogP contribution is -2.47. The van der Waals surface area contributed by atoms with Crippen LogP contribution >= 0.6 is 12.4 Å². The number of hydrogen-bond donors (Lipinski definition) is 2. The summed E-state index contributed by atoms with van der Waals surface area (Å²) in [6.07, 6.45) is 7.34. The van der Waals surface area contributed by atoms with Gasteiger partial charge in [-0.25, -0.2) is 0 Å². The molecule has 0 spiro atoms. The monoisotopic (exact) mass is 248 g/mol. The van der Waals surface area contributed by atoms with Gasteiger partial charge in [-0.05, 0) is 18.8 Å². The highest BCUT2D eigenvalue weighted by Gasteiger charge is 2.21. The predicted octanol–water partition coefficient (Wildman–Crippen LogP) is 2.23. The Morgan fingerprint density at radius 2 is 1.69 bits per heavy atom. The van der Waals surface area contributed by atoms with Crippen molar-refractivity contribution in [1.29, 1.82) is 0 Å². The van der Waals surface area contributed by atoms with Gasteiger partial charge in [-0.15, -0.1) is 12.4 Å². The Morgan fingerprint density at radius 3 is 2.12 bits per heavy atom. The van der Waals surface area contributed by atoms with E-state index >= 15 is 0 Å². The van der Waals surface area contributed by atoms with Crippen molar-refractivity contribution in [3.8, 4) is 0 Å². The van der Waals surface area contributed by atoms with Crippen molar-refractivity contribution >= 4 is 18.3 Å². The molecule has 0 heterocycles. The Hall–Kier alpha value is -0.280. The van der Waals surface area contributed by atoms with Crippen molar-refractivity contribution < 1.29 is 4.79 Å². The molecule has 1 atom stereocenters. The minimum Gasteiger partial charge on any atom is -0.352 e. The minimum absolute atomic E-state index is 0. The summed E-state index contributed by atoms with van der Waals surface area (Å²) in [4.78, 5) is 11.7. The van der Waals surface area contributed by atoms with Crippen LogP contribution in [0.4, 0.5) is 0 Å². The van der Waals surface area contributed by atoms with E-state index in [-0.39, 0.29) is 30.3 Å². The van der Waals surface area contributed by atoms with E-state index in [4.69, 9.17) is 5.73 Å². The predicted molar refractivity (Wildman–Crippen MR) is 69.7 cm³/mol. The number of hydrogen-bond acceptors (Lipinski definition) is 2. The molecule has 3 N–H and O–H groups in total. The van der Waals surface area contributed by atoms with Crippen LogP contribution in [0.3, 0.4) is 0 Å². The van der Waals surface area contributed by atoms with Gasteiger partial charge >= 0.3 is 0 Å². The van der Waals surface area contributed by atoms with E-state index in [0.717, 1.165) is 12.8 Å². The molecule has 3 nitrogen and oxygen atoms in total.